The number of hydrogen-bond acceptors (Lipinski definition) is 2. The molecule has 0 aromatic heterocycles. The van der Waals surface area contributed by atoms with E-state index in [9.17, 15) is 0 Å². The molecule has 18 heavy (non-hydrogen) atoms. The molecule has 1 aliphatic heterocycles. The average molecular weight is 251 g/mol. The normalized spacial score (nSPS) is 30.2. The molecule has 1 aliphatic carbocycles. The predicted octanol–water partition coefficient (Wildman–Crippen LogP) is 3.67. The van der Waals surface area contributed by atoms with Gasteiger partial charge in [0, 0.05) is 18.6 Å². The first-order valence-corrected chi connectivity index (χ1v) is 7.90. The minimum Gasteiger partial charge on any atom is -0.378 e. The third-order valence-corrected chi connectivity index (χ3v) is 4.43. The van der Waals surface area contributed by atoms with Crippen molar-refractivity contribution in [3.8, 4) is 0 Å². The highest BCUT2D eigenvalue weighted by molar-refractivity contribution is 5.16. The zero-order valence-corrected chi connectivity index (χ0v) is 12.1. The topological polar surface area (TPSA) is 21.3 Å². The summed E-state index contributed by atoms with van der Waals surface area (Å²) in [7, 11) is 0. The van der Waals surface area contributed by atoms with Gasteiger partial charge in [-0.1, -0.05) is 25.5 Å². The maximum atomic E-state index is 5.90. The van der Waals surface area contributed by atoms with Crippen LogP contribution in [0.1, 0.15) is 58.8 Å². The second kappa shape index (κ2) is 7.30. The molecule has 0 radical (unpaired) electrons. The first-order chi connectivity index (χ1) is 8.86. The van der Waals surface area contributed by atoms with Crippen LogP contribution in [0.4, 0.5) is 0 Å². The molecular formula is C16H29NO. The van der Waals surface area contributed by atoms with Crippen molar-refractivity contribution in [2.75, 3.05) is 13.2 Å². The lowest BCUT2D eigenvalue weighted by Gasteiger charge is -2.32. The lowest BCUT2D eigenvalue weighted by Crippen LogP contribution is -2.42. The molecule has 1 fully saturated rings. The van der Waals surface area contributed by atoms with Crippen LogP contribution in [0.3, 0.4) is 0 Å². The lowest BCUT2D eigenvalue weighted by atomic mass is 9.82. The second-order valence-electron chi connectivity index (χ2n) is 5.73. The highest BCUT2D eigenvalue weighted by Gasteiger charge is 2.35. The van der Waals surface area contributed by atoms with Crippen LogP contribution in [-0.4, -0.2) is 25.3 Å². The summed E-state index contributed by atoms with van der Waals surface area (Å²) in [6, 6.07) is 0.581. The molecule has 0 amide bonds. The molecule has 0 spiro atoms. The molecule has 0 aromatic carbocycles. The van der Waals surface area contributed by atoms with Gasteiger partial charge in [-0.2, -0.15) is 0 Å². The first-order valence-electron chi connectivity index (χ1n) is 7.90. The summed E-state index contributed by atoms with van der Waals surface area (Å²) in [6.07, 6.45) is 11.9. The predicted molar refractivity (Wildman–Crippen MR) is 76.8 cm³/mol. The van der Waals surface area contributed by atoms with Gasteiger partial charge in [-0.15, -0.1) is 0 Å². The zero-order chi connectivity index (χ0) is 12.8. The number of ether oxygens (including phenoxy) is 1. The number of hydrogen-bond donors (Lipinski definition) is 1. The van der Waals surface area contributed by atoms with Crippen LogP contribution >= 0.6 is 0 Å². The van der Waals surface area contributed by atoms with Gasteiger partial charge in [0.15, 0.2) is 0 Å². The molecule has 2 nitrogen and oxygen atoms in total. The zero-order valence-electron chi connectivity index (χ0n) is 12.1. The van der Waals surface area contributed by atoms with Crippen molar-refractivity contribution in [2.45, 2.75) is 70.9 Å². The van der Waals surface area contributed by atoms with Crippen molar-refractivity contribution in [3.63, 3.8) is 0 Å². The third kappa shape index (κ3) is 3.36. The van der Waals surface area contributed by atoms with E-state index in [-0.39, 0.29) is 0 Å². The Bertz CT molecular complexity index is 274. The number of nitrogens with one attached hydrogen (secondary N) is 1. The lowest BCUT2D eigenvalue weighted by molar-refractivity contribution is 0.0804. The molecule has 1 heterocycles. The summed E-state index contributed by atoms with van der Waals surface area (Å²) < 4.78 is 5.90. The quantitative estimate of drug-likeness (QED) is 0.727. The molecule has 2 heteroatoms. The highest BCUT2D eigenvalue weighted by Crippen LogP contribution is 2.33. The van der Waals surface area contributed by atoms with Crippen molar-refractivity contribution in [2.24, 2.45) is 5.92 Å². The van der Waals surface area contributed by atoms with Crippen LogP contribution < -0.4 is 5.32 Å². The molecular weight excluding hydrogens is 222 g/mol. The molecule has 3 unspecified atom stereocenters. The van der Waals surface area contributed by atoms with Crippen LogP contribution in [0.15, 0.2) is 11.6 Å². The Kier molecular flexibility index (Phi) is 5.71. The van der Waals surface area contributed by atoms with Crippen LogP contribution in [-0.2, 0) is 4.74 Å². The fourth-order valence-electron chi connectivity index (χ4n) is 3.47. The number of allylic oxidation sites excluding steroid dienone is 1. The number of rotatable bonds is 6. The Balaban J connectivity index is 2.05. The van der Waals surface area contributed by atoms with Crippen LogP contribution in [0.25, 0.3) is 0 Å². The Morgan fingerprint density at radius 1 is 1.39 bits per heavy atom. The third-order valence-electron chi connectivity index (χ3n) is 4.43. The summed E-state index contributed by atoms with van der Waals surface area (Å²) in [5.41, 5.74) is 1.67. The molecule has 0 aromatic rings. The van der Waals surface area contributed by atoms with Gasteiger partial charge < -0.3 is 10.1 Å². The highest BCUT2D eigenvalue weighted by atomic mass is 16.5. The maximum absolute atomic E-state index is 5.90. The van der Waals surface area contributed by atoms with E-state index >= 15 is 0 Å². The van der Waals surface area contributed by atoms with E-state index in [1.807, 2.05) is 0 Å². The van der Waals surface area contributed by atoms with Crippen LogP contribution in [0.5, 0.6) is 0 Å². The smallest absolute Gasteiger partial charge is 0.0619 e. The fraction of sp³-hybridized carbons (Fsp3) is 0.875. The van der Waals surface area contributed by atoms with E-state index in [1.54, 1.807) is 5.57 Å². The van der Waals surface area contributed by atoms with Crippen LogP contribution in [0, 0.1) is 5.92 Å². The van der Waals surface area contributed by atoms with Gasteiger partial charge in [0.05, 0.1) is 6.10 Å². The van der Waals surface area contributed by atoms with E-state index in [0.717, 1.165) is 19.6 Å². The minimum absolute atomic E-state index is 0.474. The van der Waals surface area contributed by atoms with E-state index in [1.165, 1.54) is 38.5 Å². The van der Waals surface area contributed by atoms with Crippen molar-refractivity contribution < 1.29 is 4.74 Å². The summed E-state index contributed by atoms with van der Waals surface area (Å²) in [5.74, 6) is 0.700. The Labute approximate surface area is 112 Å². The standard InChI is InChI=1S/C16H29NO/c1-3-11-17-16(13-8-6-5-7-9-13)14-10-12-18-15(14)4-2/h8,14-17H,3-7,9-12H2,1-2H3. The van der Waals surface area contributed by atoms with Crippen molar-refractivity contribution in [1.29, 1.82) is 0 Å². The summed E-state index contributed by atoms with van der Waals surface area (Å²) in [6.45, 7) is 6.60. The SMILES string of the molecule is CCCNC(C1=CCCCC1)C1CCOC1CC. The maximum Gasteiger partial charge on any atom is 0.0619 e. The summed E-state index contributed by atoms with van der Waals surface area (Å²) in [5, 5.41) is 3.80. The van der Waals surface area contributed by atoms with E-state index in [4.69, 9.17) is 4.74 Å². The van der Waals surface area contributed by atoms with E-state index in [2.05, 4.69) is 25.2 Å². The molecule has 104 valence electrons. The van der Waals surface area contributed by atoms with E-state index in [0.29, 0.717) is 18.1 Å². The average Bonchev–Trinajstić information content (AvgIpc) is 2.89. The Hall–Kier alpha value is -0.340. The van der Waals surface area contributed by atoms with Gasteiger partial charge in [-0.3, -0.25) is 0 Å². The Morgan fingerprint density at radius 2 is 2.28 bits per heavy atom. The molecule has 0 bridgehead atoms. The summed E-state index contributed by atoms with van der Waals surface area (Å²) in [4.78, 5) is 0. The molecule has 0 saturated carbocycles. The monoisotopic (exact) mass is 251 g/mol. The van der Waals surface area contributed by atoms with Gasteiger partial charge in [-0.05, 0) is 51.5 Å². The van der Waals surface area contributed by atoms with Crippen molar-refractivity contribution in [3.05, 3.63) is 11.6 Å². The first kappa shape index (κ1) is 14.1. The van der Waals surface area contributed by atoms with Gasteiger partial charge >= 0.3 is 0 Å². The fourth-order valence-corrected chi connectivity index (χ4v) is 3.47. The second-order valence-corrected chi connectivity index (χ2v) is 5.73. The summed E-state index contributed by atoms with van der Waals surface area (Å²) >= 11 is 0. The molecule has 1 saturated heterocycles. The van der Waals surface area contributed by atoms with Gasteiger partial charge in [0.2, 0.25) is 0 Å². The molecule has 3 atom stereocenters. The molecule has 2 aliphatic rings. The van der Waals surface area contributed by atoms with Crippen LogP contribution in [0.2, 0.25) is 0 Å². The molecule has 2 rings (SSSR count). The van der Waals surface area contributed by atoms with Crippen molar-refractivity contribution >= 4 is 0 Å². The molecule has 1 N–H and O–H groups in total. The Morgan fingerprint density at radius 3 is 2.94 bits per heavy atom. The minimum atomic E-state index is 0.474. The largest absolute Gasteiger partial charge is 0.378 e. The van der Waals surface area contributed by atoms with E-state index < -0.39 is 0 Å². The van der Waals surface area contributed by atoms with Crippen molar-refractivity contribution in [1.82, 2.24) is 5.32 Å². The van der Waals surface area contributed by atoms with Gasteiger partial charge in [0.1, 0.15) is 0 Å². The van der Waals surface area contributed by atoms with Gasteiger partial charge in [0.25, 0.3) is 0 Å². The van der Waals surface area contributed by atoms with Gasteiger partial charge in [-0.25, -0.2) is 0 Å².